The molecule has 0 spiro atoms. The van der Waals surface area contributed by atoms with Crippen LogP contribution in [0.1, 0.15) is 24.8 Å². The summed E-state index contributed by atoms with van der Waals surface area (Å²) in [5.41, 5.74) is 1.44. The van der Waals surface area contributed by atoms with Crippen molar-refractivity contribution in [3.8, 4) is 0 Å². The standard InChI is InChI=1S/C14H19ClN2O2/c15-12-5-4-11(9-18)6-13(12)16-8-14(19)17-7-10-2-1-3-10/h4-6,10,16,18H,1-3,7-9H2,(H,17,19). The number of hydrogen-bond acceptors (Lipinski definition) is 3. The summed E-state index contributed by atoms with van der Waals surface area (Å²) < 4.78 is 0. The summed E-state index contributed by atoms with van der Waals surface area (Å²) in [6.07, 6.45) is 3.72. The Balaban J connectivity index is 1.78. The van der Waals surface area contributed by atoms with Crippen molar-refractivity contribution in [1.82, 2.24) is 5.32 Å². The molecule has 104 valence electrons. The molecule has 1 saturated carbocycles. The third-order valence-corrected chi connectivity index (χ3v) is 3.79. The number of carbonyl (C=O) groups is 1. The number of rotatable bonds is 6. The molecule has 0 bridgehead atoms. The van der Waals surface area contributed by atoms with Crippen molar-refractivity contribution in [2.45, 2.75) is 25.9 Å². The molecule has 3 N–H and O–H groups in total. The number of amides is 1. The van der Waals surface area contributed by atoms with E-state index in [0.717, 1.165) is 12.1 Å². The van der Waals surface area contributed by atoms with Crippen LogP contribution >= 0.6 is 11.6 Å². The van der Waals surface area contributed by atoms with Gasteiger partial charge in [0.25, 0.3) is 0 Å². The van der Waals surface area contributed by atoms with Crippen LogP contribution in [-0.4, -0.2) is 24.1 Å². The zero-order chi connectivity index (χ0) is 13.7. The Morgan fingerprint density at radius 3 is 2.84 bits per heavy atom. The zero-order valence-electron chi connectivity index (χ0n) is 10.8. The first-order chi connectivity index (χ1) is 9.19. The second-order valence-corrected chi connectivity index (χ2v) is 5.33. The lowest BCUT2D eigenvalue weighted by atomic mass is 9.85. The van der Waals surface area contributed by atoms with Crippen LogP contribution in [0.5, 0.6) is 0 Å². The number of halogens is 1. The molecule has 1 fully saturated rings. The number of benzene rings is 1. The molecule has 1 aromatic rings. The first kappa shape index (κ1) is 14.2. The molecule has 0 atom stereocenters. The maximum atomic E-state index is 11.7. The van der Waals surface area contributed by atoms with Gasteiger partial charge in [0.05, 0.1) is 23.9 Å². The van der Waals surface area contributed by atoms with Gasteiger partial charge >= 0.3 is 0 Å². The number of anilines is 1. The minimum Gasteiger partial charge on any atom is -0.392 e. The molecule has 2 rings (SSSR count). The van der Waals surface area contributed by atoms with Gasteiger partial charge in [-0.2, -0.15) is 0 Å². The van der Waals surface area contributed by atoms with Crippen LogP contribution in [0.4, 0.5) is 5.69 Å². The monoisotopic (exact) mass is 282 g/mol. The largest absolute Gasteiger partial charge is 0.392 e. The SMILES string of the molecule is O=C(CNc1cc(CO)ccc1Cl)NCC1CCC1. The molecular formula is C14H19ClN2O2. The molecule has 1 aliphatic carbocycles. The van der Waals surface area contributed by atoms with E-state index in [2.05, 4.69) is 10.6 Å². The van der Waals surface area contributed by atoms with Crippen molar-refractivity contribution >= 4 is 23.2 Å². The van der Waals surface area contributed by atoms with E-state index in [0.29, 0.717) is 16.6 Å². The topological polar surface area (TPSA) is 61.4 Å². The normalized spacial score (nSPS) is 14.8. The van der Waals surface area contributed by atoms with Gasteiger partial charge in [-0.15, -0.1) is 0 Å². The summed E-state index contributed by atoms with van der Waals surface area (Å²) in [5.74, 6) is 0.627. The van der Waals surface area contributed by atoms with Crippen molar-refractivity contribution in [3.63, 3.8) is 0 Å². The Hall–Kier alpha value is -1.26. The van der Waals surface area contributed by atoms with Crippen LogP contribution in [0.25, 0.3) is 0 Å². The summed E-state index contributed by atoms with van der Waals surface area (Å²) >= 11 is 6.02. The van der Waals surface area contributed by atoms with Crippen LogP contribution in [0.2, 0.25) is 5.02 Å². The fourth-order valence-electron chi connectivity index (χ4n) is 2.00. The number of aliphatic hydroxyl groups is 1. The average Bonchev–Trinajstić information content (AvgIpc) is 2.36. The third kappa shape index (κ3) is 4.11. The van der Waals surface area contributed by atoms with Gasteiger partial charge in [-0.3, -0.25) is 4.79 Å². The summed E-state index contributed by atoms with van der Waals surface area (Å²) in [6, 6.07) is 5.22. The molecule has 1 aliphatic rings. The molecule has 1 aromatic carbocycles. The van der Waals surface area contributed by atoms with Crippen LogP contribution in [-0.2, 0) is 11.4 Å². The fourth-order valence-corrected chi connectivity index (χ4v) is 2.18. The molecule has 4 nitrogen and oxygen atoms in total. The van der Waals surface area contributed by atoms with E-state index in [-0.39, 0.29) is 19.1 Å². The quantitative estimate of drug-likeness (QED) is 0.749. The number of carbonyl (C=O) groups excluding carboxylic acids is 1. The van der Waals surface area contributed by atoms with E-state index in [9.17, 15) is 4.79 Å². The highest BCUT2D eigenvalue weighted by Crippen LogP contribution is 2.25. The highest BCUT2D eigenvalue weighted by Gasteiger charge is 2.17. The van der Waals surface area contributed by atoms with Crippen LogP contribution in [0, 0.1) is 5.92 Å². The zero-order valence-corrected chi connectivity index (χ0v) is 11.5. The summed E-state index contributed by atoms with van der Waals surface area (Å²) in [4.78, 5) is 11.7. The Labute approximate surface area is 118 Å². The minimum absolute atomic E-state index is 0.0302. The van der Waals surface area contributed by atoms with Gasteiger partial charge in [0.1, 0.15) is 0 Å². The molecule has 0 unspecified atom stereocenters. The first-order valence-electron chi connectivity index (χ1n) is 6.59. The highest BCUT2D eigenvalue weighted by atomic mass is 35.5. The van der Waals surface area contributed by atoms with E-state index in [1.165, 1.54) is 19.3 Å². The van der Waals surface area contributed by atoms with E-state index in [1.54, 1.807) is 18.2 Å². The molecule has 0 aliphatic heterocycles. The van der Waals surface area contributed by atoms with E-state index in [1.807, 2.05) is 0 Å². The number of aliphatic hydroxyl groups excluding tert-OH is 1. The van der Waals surface area contributed by atoms with Crippen molar-refractivity contribution in [2.24, 2.45) is 5.92 Å². The van der Waals surface area contributed by atoms with Crippen molar-refractivity contribution in [2.75, 3.05) is 18.4 Å². The summed E-state index contributed by atoms with van der Waals surface area (Å²) in [5, 5.41) is 15.5. The van der Waals surface area contributed by atoms with E-state index < -0.39 is 0 Å². The van der Waals surface area contributed by atoms with Crippen molar-refractivity contribution < 1.29 is 9.90 Å². The molecule has 0 radical (unpaired) electrons. The van der Waals surface area contributed by atoms with Gasteiger partial charge in [0.2, 0.25) is 5.91 Å². The molecule has 0 heterocycles. The van der Waals surface area contributed by atoms with Gasteiger partial charge in [0, 0.05) is 6.54 Å². The fraction of sp³-hybridized carbons (Fsp3) is 0.500. The maximum Gasteiger partial charge on any atom is 0.239 e. The van der Waals surface area contributed by atoms with Gasteiger partial charge in [-0.25, -0.2) is 0 Å². The van der Waals surface area contributed by atoms with E-state index >= 15 is 0 Å². The molecule has 0 saturated heterocycles. The summed E-state index contributed by atoms with van der Waals surface area (Å²) in [7, 11) is 0. The second kappa shape index (κ2) is 6.78. The van der Waals surface area contributed by atoms with Crippen LogP contribution in [0.15, 0.2) is 18.2 Å². The lowest BCUT2D eigenvalue weighted by Crippen LogP contribution is -2.35. The van der Waals surface area contributed by atoms with E-state index in [4.69, 9.17) is 16.7 Å². The smallest absolute Gasteiger partial charge is 0.239 e. The lowest BCUT2D eigenvalue weighted by Gasteiger charge is -2.25. The summed E-state index contributed by atoms with van der Waals surface area (Å²) in [6.45, 7) is 0.923. The molecule has 0 aromatic heterocycles. The molecule has 5 heteroatoms. The van der Waals surface area contributed by atoms with Crippen LogP contribution < -0.4 is 10.6 Å². The molecule has 1 amide bonds. The van der Waals surface area contributed by atoms with Gasteiger partial charge in [0.15, 0.2) is 0 Å². The van der Waals surface area contributed by atoms with Crippen molar-refractivity contribution in [3.05, 3.63) is 28.8 Å². The predicted molar refractivity (Wildman–Crippen MR) is 76.2 cm³/mol. The first-order valence-corrected chi connectivity index (χ1v) is 6.96. The molecular weight excluding hydrogens is 264 g/mol. The van der Waals surface area contributed by atoms with Gasteiger partial charge in [-0.1, -0.05) is 24.1 Å². The lowest BCUT2D eigenvalue weighted by molar-refractivity contribution is -0.119. The number of nitrogens with one attached hydrogen (secondary N) is 2. The Kier molecular flexibility index (Phi) is 5.05. The maximum absolute atomic E-state index is 11.7. The second-order valence-electron chi connectivity index (χ2n) is 4.93. The van der Waals surface area contributed by atoms with Gasteiger partial charge < -0.3 is 15.7 Å². The highest BCUT2D eigenvalue weighted by molar-refractivity contribution is 6.33. The Morgan fingerprint density at radius 2 is 2.21 bits per heavy atom. The molecule has 19 heavy (non-hydrogen) atoms. The third-order valence-electron chi connectivity index (χ3n) is 3.47. The Bertz CT molecular complexity index is 447. The minimum atomic E-state index is -0.0419. The Morgan fingerprint density at radius 1 is 1.42 bits per heavy atom. The average molecular weight is 283 g/mol. The van der Waals surface area contributed by atoms with Gasteiger partial charge in [-0.05, 0) is 36.5 Å². The van der Waals surface area contributed by atoms with Crippen molar-refractivity contribution in [1.29, 1.82) is 0 Å². The number of hydrogen-bond donors (Lipinski definition) is 3. The van der Waals surface area contributed by atoms with Crippen LogP contribution in [0.3, 0.4) is 0 Å². The predicted octanol–water partition coefficient (Wildman–Crippen LogP) is 2.16.